The number of nitrogens with one attached hydrogen (secondary N) is 1. The zero-order chi connectivity index (χ0) is 19.3. The molecule has 2 heterocycles. The van der Waals surface area contributed by atoms with E-state index in [1.807, 2.05) is 6.07 Å². The van der Waals surface area contributed by atoms with Gasteiger partial charge in [-0.05, 0) is 62.3 Å². The van der Waals surface area contributed by atoms with Crippen molar-refractivity contribution in [1.82, 2.24) is 9.97 Å². The Kier molecular flexibility index (Phi) is 5.51. The molecule has 0 aliphatic heterocycles. The fraction of sp³-hybridized carbons (Fsp3) is 0.348. The van der Waals surface area contributed by atoms with Crippen molar-refractivity contribution in [2.24, 2.45) is 0 Å². The molecule has 28 heavy (non-hydrogen) atoms. The summed E-state index contributed by atoms with van der Waals surface area (Å²) in [6, 6.07) is 11.7. The summed E-state index contributed by atoms with van der Waals surface area (Å²) >= 11 is 0. The van der Waals surface area contributed by atoms with E-state index in [4.69, 9.17) is 4.98 Å². The summed E-state index contributed by atoms with van der Waals surface area (Å²) in [5.41, 5.74) is 5.84. The Morgan fingerprint density at radius 3 is 2.79 bits per heavy atom. The van der Waals surface area contributed by atoms with Crippen molar-refractivity contribution >= 4 is 22.9 Å². The number of para-hydroxylation sites is 1. The van der Waals surface area contributed by atoms with E-state index < -0.39 is 0 Å². The van der Waals surface area contributed by atoms with Crippen molar-refractivity contribution < 1.29 is 9.90 Å². The molecule has 5 nitrogen and oxygen atoms in total. The number of anilines is 1. The lowest BCUT2D eigenvalue weighted by Gasteiger charge is -2.17. The third-order valence-electron chi connectivity index (χ3n) is 5.40. The first-order chi connectivity index (χ1) is 13.8. The van der Waals surface area contributed by atoms with E-state index in [-0.39, 0.29) is 11.4 Å². The van der Waals surface area contributed by atoms with Crippen LogP contribution in [0.1, 0.15) is 53.1 Å². The highest BCUT2D eigenvalue weighted by Gasteiger charge is 2.16. The van der Waals surface area contributed by atoms with Crippen LogP contribution in [0.15, 0.2) is 36.4 Å². The van der Waals surface area contributed by atoms with Crippen LogP contribution in [-0.2, 0) is 19.3 Å². The van der Waals surface area contributed by atoms with Gasteiger partial charge < -0.3 is 10.4 Å². The van der Waals surface area contributed by atoms with Gasteiger partial charge in [0.05, 0.1) is 5.52 Å². The number of nitrogens with zero attached hydrogens (tertiary/aromatic N) is 2. The summed E-state index contributed by atoms with van der Waals surface area (Å²) < 4.78 is 0. The van der Waals surface area contributed by atoms with E-state index >= 15 is 0 Å². The fourth-order valence-corrected chi connectivity index (χ4v) is 3.97. The van der Waals surface area contributed by atoms with Crippen molar-refractivity contribution in [3.05, 3.63) is 59.0 Å². The summed E-state index contributed by atoms with van der Waals surface area (Å²) in [6.45, 7) is 0.819. The molecule has 2 N–H and O–H groups in total. The number of carbonyl (C=O) groups is 1. The lowest BCUT2D eigenvalue weighted by molar-refractivity contribution is 0.111. The van der Waals surface area contributed by atoms with Crippen LogP contribution in [0, 0.1) is 0 Å². The molecule has 0 saturated heterocycles. The minimum atomic E-state index is -0.0668. The molecule has 0 atom stereocenters. The number of hydrogen-bond donors (Lipinski definition) is 2. The standard InChI is InChI=1S/C23H25N3O2/c27-15-21-22(28)13-12-16(25-21)7-6-14-24-23-17-8-2-1-3-10-19(17)26-20-11-5-4-9-18(20)23/h4-5,9,11-13,15,28H,1-3,6-8,10,14H2,(H,24,26). The van der Waals surface area contributed by atoms with Gasteiger partial charge in [-0.1, -0.05) is 24.6 Å². The highest BCUT2D eigenvalue weighted by Crippen LogP contribution is 2.32. The monoisotopic (exact) mass is 375 g/mol. The van der Waals surface area contributed by atoms with Crippen molar-refractivity contribution in [1.29, 1.82) is 0 Å². The number of pyridine rings is 2. The molecular weight excluding hydrogens is 350 g/mol. The molecule has 0 fully saturated rings. The number of aromatic nitrogens is 2. The van der Waals surface area contributed by atoms with E-state index in [0.29, 0.717) is 6.29 Å². The Hall–Kier alpha value is -2.95. The van der Waals surface area contributed by atoms with E-state index in [0.717, 1.165) is 43.4 Å². The Morgan fingerprint density at radius 1 is 1.04 bits per heavy atom. The summed E-state index contributed by atoms with van der Waals surface area (Å²) in [6.07, 6.45) is 8.06. The minimum absolute atomic E-state index is 0.0668. The van der Waals surface area contributed by atoms with Crippen molar-refractivity contribution in [3.63, 3.8) is 0 Å². The van der Waals surface area contributed by atoms with Crippen LogP contribution in [0.2, 0.25) is 0 Å². The average molecular weight is 375 g/mol. The first kappa shape index (κ1) is 18.4. The molecule has 1 aromatic carbocycles. The number of carbonyl (C=O) groups excluding carboxylic acids is 1. The Morgan fingerprint density at radius 2 is 1.89 bits per heavy atom. The molecule has 4 rings (SSSR count). The van der Waals surface area contributed by atoms with Gasteiger partial charge in [0.15, 0.2) is 6.29 Å². The van der Waals surface area contributed by atoms with Gasteiger partial charge >= 0.3 is 0 Å². The van der Waals surface area contributed by atoms with E-state index in [1.165, 1.54) is 47.7 Å². The second kappa shape index (κ2) is 8.38. The normalized spacial score (nSPS) is 13.7. The first-order valence-corrected chi connectivity index (χ1v) is 10.0. The number of benzene rings is 1. The highest BCUT2D eigenvalue weighted by atomic mass is 16.3. The predicted molar refractivity (Wildman–Crippen MR) is 111 cm³/mol. The molecule has 0 spiro atoms. The molecule has 0 saturated carbocycles. The molecule has 1 aliphatic carbocycles. The zero-order valence-corrected chi connectivity index (χ0v) is 15.9. The van der Waals surface area contributed by atoms with E-state index in [1.54, 1.807) is 6.07 Å². The molecule has 0 unspecified atom stereocenters. The SMILES string of the molecule is O=Cc1nc(CCCNc2c3c(nc4ccccc24)CCCCC3)ccc1O. The molecule has 144 valence electrons. The predicted octanol–water partition coefficient (Wildman–Crippen LogP) is 4.46. The fourth-order valence-electron chi connectivity index (χ4n) is 3.97. The van der Waals surface area contributed by atoms with Crippen molar-refractivity contribution in [2.45, 2.75) is 44.9 Å². The second-order valence-electron chi connectivity index (χ2n) is 7.34. The maximum atomic E-state index is 10.9. The van der Waals surface area contributed by atoms with Crippen LogP contribution in [-0.4, -0.2) is 27.9 Å². The number of hydrogen-bond acceptors (Lipinski definition) is 5. The quantitative estimate of drug-likeness (QED) is 0.378. The number of rotatable bonds is 6. The van der Waals surface area contributed by atoms with Crippen LogP contribution >= 0.6 is 0 Å². The van der Waals surface area contributed by atoms with E-state index in [2.05, 4.69) is 28.5 Å². The van der Waals surface area contributed by atoms with Gasteiger partial charge in [0.1, 0.15) is 11.4 Å². The summed E-state index contributed by atoms with van der Waals surface area (Å²) in [5.74, 6) is -0.0668. The van der Waals surface area contributed by atoms with Gasteiger partial charge in [-0.15, -0.1) is 0 Å². The first-order valence-electron chi connectivity index (χ1n) is 10.0. The molecule has 1 aliphatic rings. The molecule has 0 radical (unpaired) electrons. The van der Waals surface area contributed by atoms with Crippen LogP contribution in [0.3, 0.4) is 0 Å². The van der Waals surface area contributed by atoms with Crippen LogP contribution < -0.4 is 5.32 Å². The van der Waals surface area contributed by atoms with Crippen LogP contribution in [0.25, 0.3) is 10.9 Å². The third-order valence-corrected chi connectivity index (χ3v) is 5.40. The zero-order valence-electron chi connectivity index (χ0n) is 15.9. The maximum Gasteiger partial charge on any atom is 0.172 e. The van der Waals surface area contributed by atoms with Crippen molar-refractivity contribution in [3.8, 4) is 5.75 Å². The van der Waals surface area contributed by atoms with E-state index in [9.17, 15) is 9.90 Å². The molecule has 0 bridgehead atoms. The van der Waals surface area contributed by atoms with Gasteiger partial charge in [0.2, 0.25) is 0 Å². The number of aromatic hydroxyl groups is 1. The van der Waals surface area contributed by atoms with Gasteiger partial charge in [-0.2, -0.15) is 0 Å². The van der Waals surface area contributed by atoms with Gasteiger partial charge in [0.25, 0.3) is 0 Å². The third kappa shape index (κ3) is 3.84. The molecule has 2 aromatic heterocycles. The summed E-state index contributed by atoms with van der Waals surface area (Å²) in [4.78, 5) is 20.1. The Balaban J connectivity index is 1.51. The Labute approximate surface area is 164 Å². The summed E-state index contributed by atoms with van der Waals surface area (Å²) in [7, 11) is 0. The molecular formula is C23H25N3O2. The number of aldehydes is 1. The lowest BCUT2D eigenvalue weighted by atomic mass is 10.0. The second-order valence-corrected chi connectivity index (χ2v) is 7.34. The minimum Gasteiger partial charge on any atom is -0.506 e. The molecule has 5 heteroatoms. The highest BCUT2D eigenvalue weighted by molar-refractivity contribution is 5.93. The van der Waals surface area contributed by atoms with Crippen molar-refractivity contribution in [2.75, 3.05) is 11.9 Å². The Bertz CT molecular complexity index is 1000. The molecule has 0 amide bonds. The summed E-state index contributed by atoms with van der Waals surface area (Å²) in [5, 5.41) is 14.4. The van der Waals surface area contributed by atoms with Gasteiger partial charge in [0, 0.05) is 29.0 Å². The average Bonchev–Trinajstić information content (AvgIpc) is 2.96. The topological polar surface area (TPSA) is 75.1 Å². The number of aryl methyl sites for hydroxylation is 2. The largest absolute Gasteiger partial charge is 0.506 e. The van der Waals surface area contributed by atoms with Crippen LogP contribution in [0.5, 0.6) is 5.75 Å². The van der Waals surface area contributed by atoms with Crippen LogP contribution in [0.4, 0.5) is 5.69 Å². The number of fused-ring (bicyclic) bond motifs is 2. The maximum absolute atomic E-state index is 10.9. The molecule has 3 aromatic rings. The smallest absolute Gasteiger partial charge is 0.172 e. The van der Waals surface area contributed by atoms with Gasteiger partial charge in [-0.25, -0.2) is 4.98 Å². The lowest BCUT2D eigenvalue weighted by Crippen LogP contribution is -2.09. The van der Waals surface area contributed by atoms with Gasteiger partial charge in [-0.3, -0.25) is 9.78 Å².